The second-order valence-electron chi connectivity index (χ2n) is 18.0. The Morgan fingerprint density at radius 1 is 0.461 bits per heavy atom. The number of aromatic nitrogens is 8. The first-order valence-corrected chi connectivity index (χ1v) is 27.5. The van der Waals surface area contributed by atoms with Crippen molar-refractivity contribution in [3.63, 3.8) is 0 Å². The lowest BCUT2D eigenvalue weighted by atomic mass is 10.0. The van der Waals surface area contributed by atoms with Crippen LogP contribution in [0.2, 0.25) is 20.1 Å². The molecule has 0 aliphatic heterocycles. The van der Waals surface area contributed by atoms with Crippen molar-refractivity contribution in [3.05, 3.63) is 198 Å². The standard InChI is InChI=1S/C21H20ClN5O2.C13H14ClN5O.C13H14FN5O.C12H11Cl2N5O/c1-13-8-15(9-19(28)14-6-4-3-5-7-14)17(22)10-18(13)27-21-16(11-26-29-2)20(23)24-12-25-21;2*1-8-3-4-9(5-11(8)14)19-13-10(6-18-20-2)12(15)16-7-17-13;1-20-18-5-8-11(15)16-6-17-12(8)19-7-2-3-9(13)10(14)4-7/h3-8,10-12H,9H2,1-2H3,(H3,23,24,25,27);2*3-7H,1-2H3,(H3,15,16,17,19);2-6H,1H3,(H3,15,16,17,19)/b26-11+;2*18-6+;18-5+. The molecule has 0 aliphatic carbocycles. The van der Waals surface area contributed by atoms with Gasteiger partial charge in [0.15, 0.2) is 5.78 Å². The van der Waals surface area contributed by atoms with Crippen LogP contribution in [0.4, 0.5) is 73.7 Å². The lowest BCUT2D eigenvalue weighted by Crippen LogP contribution is -2.07. The van der Waals surface area contributed by atoms with E-state index in [-0.39, 0.29) is 35.5 Å². The molecule has 25 nitrogen and oxygen atoms in total. The van der Waals surface area contributed by atoms with Gasteiger partial charge in [-0.2, -0.15) is 0 Å². The van der Waals surface area contributed by atoms with Crippen LogP contribution >= 0.6 is 46.4 Å². The van der Waals surface area contributed by atoms with Crippen molar-refractivity contribution < 1.29 is 28.5 Å². The molecule has 0 saturated heterocycles. The number of halogens is 5. The highest BCUT2D eigenvalue weighted by atomic mass is 35.5. The summed E-state index contributed by atoms with van der Waals surface area (Å²) in [4.78, 5) is 63.3. The number of nitrogens with two attached hydrogens (primary N) is 4. The van der Waals surface area contributed by atoms with Crippen LogP contribution in [0.15, 0.2) is 143 Å². The molecule has 0 atom stereocenters. The normalized spacial score (nSPS) is 10.8. The maximum Gasteiger partial charge on any atom is 0.167 e. The van der Waals surface area contributed by atoms with Crippen molar-refractivity contribution in [3.8, 4) is 0 Å². The number of nitrogens with zero attached hydrogens (tertiary/aromatic N) is 12. The van der Waals surface area contributed by atoms with Crippen LogP contribution in [0.25, 0.3) is 0 Å². The van der Waals surface area contributed by atoms with Gasteiger partial charge in [0.05, 0.1) is 57.2 Å². The van der Waals surface area contributed by atoms with Crippen molar-refractivity contribution in [1.29, 1.82) is 0 Å². The fourth-order valence-electron chi connectivity index (χ4n) is 7.33. The number of benzene rings is 5. The second kappa shape index (κ2) is 34.0. The molecule has 460 valence electrons. The van der Waals surface area contributed by atoms with Gasteiger partial charge >= 0.3 is 0 Å². The topological polar surface area (TPSA) is 359 Å². The van der Waals surface area contributed by atoms with Gasteiger partial charge in [0.1, 0.15) is 106 Å². The van der Waals surface area contributed by atoms with Gasteiger partial charge in [-0.15, -0.1) is 0 Å². The third-order valence-corrected chi connectivity index (χ3v) is 13.5. The second-order valence-corrected chi connectivity index (χ2v) is 19.7. The Morgan fingerprint density at radius 3 is 1.26 bits per heavy atom. The molecule has 5 aromatic carbocycles. The summed E-state index contributed by atoms with van der Waals surface area (Å²) in [6.45, 7) is 5.55. The lowest BCUT2D eigenvalue weighted by Gasteiger charge is -2.14. The monoisotopic (exact) mass is 1290 g/mol. The number of aryl methyl sites for hydroxylation is 3. The van der Waals surface area contributed by atoms with E-state index >= 15 is 0 Å². The first-order valence-electron chi connectivity index (χ1n) is 25.9. The molecular weight excluding hydrogens is 1230 g/mol. The molecule has 0 saturated carbocycles. The summed E-state index contributed by atoms with van der Waals surface area (Å²) in [5, 5.41) is 29.1. The molecule has 4 heterocycles. The molecule has 30 heteroatoms. The number of hydrogen-bond donors (Lipinski definition) is 8. The lowest BCUT2D eigenvalue weighted by molar-refractivity contribution is 0.0993. The van der Waals surface area contributed by atoms with Gasteiger partial charge in [-0.25, -0.2) is 44.3 Å². The van der Waals surface area contributed by atoms with Crippen LogP contribution in [0.3, 0.4) is 0 Å². The number of rotatable bonds is 19. The van der Waals surface area contributed by atoms with E-state index in [1.807, 2.05) is 56.3 Å². The molecule has 9 rings (SSSR count). The van der Waals surface area contributed by atoms with E-state index in [9.17, 15) is 9.18 Å². The molecule has 12 N–H and O–H groups in total. The van der Waals surface area contributed by atoms with Crippen LogP contribution in [-0.4, -0.2) is 99.0 Å². The maximum atomic E-state index is 13.5. The highest BCUT2D eigenvalue weighted by molar-refractivity contribution is 6.42. The Balaban J connectivity index is 0.000000192. The largest absolute Gasteiger partial charge is 0.399 e. The van der Waals surface area contributed by atoms with Gasteiger partial charge in [-0.1, -0.05) is 116 Å². The zero-order chi connectivity index (χ0) is 64.4. The maximum absolute atomic E-state index is 13.5. The summed E-state index contributed by atoms with van der Waals surface area (Å²) in [7, 11) is 5.73. The van der Waals surface area contributed by atoms with E-state index in [4.69, 9.17) is 74.2 Å². The summed E-state index contributed by atoms with van der Waals surface area (Å²) in [6, 6.07) is 28.3. The molecule has 0 bridgehead atoms. The Labute approximate surface area is 530 Å². The van der Waals surface area contributed by atoms with Crippen LogP contribution in [0, 0.1) is 26.6 Å². The zero-order valence-corrected chi connectivity index (χ0v) is 51.7. The predicted molar refractivity (Wildman–Crippen MR) is 352 cm³/mol. The van der Waals surface area contributed by atoms with Gasteiger partial charge in [-0.3, -0.25) is 4.79 Å². The fraction of sp³-hybridized carbons (Fsp3) is 0.136. The fourth-order valence-corrected chi connectivity index (χ4v) is 8.04. The quantitative estimate of drug-likeness (QED) is 0.0212. The van der Waals surface area contributed by atoms with Gasteiger partial charge in [0.2, 0.25) is 0 Å². The van der Waals surface area contributed by atoms with Crippen molar-refractivity contribution >= 4 is 146 Å². The molecule has 4 aromatic heterocycles. The van der Waals surface area contributed by atoms with Crippen molar-refractivity contribution in [2.75, 3.05) is 72.6 Å². The number of carbonyl (C=O) groups excluding carboxylic acids is 1. The Bertz CT molecular complexity index is 3730. The average Bonchev–Trinajstić information content (AvgIpc) is 2.15. The molecule has 0 unspecified atom stereocenters. The zero-order valence-electron chi connectivity index (χ0n) is 48.7. The first-order chi connectivity index (χ1) is 42.8. The smallest absolute Gasteiger partial charge is 0.167 e. The molecule has 9 aromatic rings. The molecular formula is C59H59Cl4FN20O5. The first kappa shape index (κ1) is 67.6. The van der Waals surface area contributed by atoms with E-state index in [1.54, 1.807) is 55.5 Å². The van der Waals surface area contributed by atoms with E-state index in [0.717, 1.165) is 28.1 Å². The Kier molecular flexibility index (Phi) is 25.8. The molecule has 89 heavy (non-hydrogen) atoms. The number of anilines is 12. The van der Waals surface area contributed by atoms with Crippen molar-refractivity contribution in [2.45, 2.75) is 27.2 Å². The van der Waals surface area contributed by atoms with Crippen LogP contribution < -0.4 is 44.2 Å². The third-order valence-electron chi connectivity index (χ3n) is 12.0. The summed E-state index contributed by atoms with van der Waals surface area (Å²) >= 11 is 24.4. The number of nitrogen functional groups attached to an aromatic ring is 4. The van der Waals surface area contributed by atoms with Gasteiger partial charge in [-0.05, 0) is 91.6 Å². The molecule has 0 spiro atoms. The number of ketones is 1. The van der Waals surface area contributed by atoms with Crippen LogP contribution in [0.1, 0.15) is 54.9 Å². The highest BCUT2D eigenvalue weighted by Gasteiger charge is 2.16. The Hall–Kier alpha value is -10.5. The van der Waals surface area contributed by atoms with Crippen LogP contribution in [0.5, 0.6) is 0 Å². The van der Waals surface area contributed by atoms with Gasteiger partial charge in [0.25, 0.3) is 0 Å². The summed E-state index contributed by atoms with van der Waals surface area (Å²) in [5.41, 5.74) is 32.0. The number of hydrogen-bond acceptors (Lipinski definition) is 25. The molecule has 0 fully saturated rings. The molecule has 0 radical (unpaired) electrons. The third kappa shape index (κ3) is 20.0. The minimum Gasteiger partial charge on any atom is -0.399 e. The summed E-state index contributed by atoms with van der Waals surface area (Å²) in [6.07, 6.45) is 11.3. The average molecular weight is 1290 g/mol. The van der Waals surface area contributed by atoms with Gasteiger partial charge in [0, 0.05) is 44.8 Å². The van der Waals surface area contributed by atoms with Crippen molar-refractivity contribution in [1.82, 2.24) is 39.9 Å². The number of nitrogens with one attached hydrogen (secondary N) is 4. The molecule has 0 aliphatic rings. The number of oxime groups is 4. The highest BCUT2D eigenvalue weighted by Crippen LogP contribution is 2.32. The number of carbonyl (C=O) groups is 1. The Morgan fingerprint density at radius 2 is 0.854 bits per heavy atom. The van der Waals surface area contributed by atoms with E-state index in [0.29, 0.717) is 93.9 Å². The minimum atomic E-state index is -0.302. The predicted octanol–water partition coefficient (Wildman–Crippen LogP) is 12.2. The SMILES string of the molecule is CO/N=C/c1c(N)ncnc1Nc1cc(Cl)c(CC(=O)c2ccccc2)cc1C.CO/N=C/c1c(N)ncnc1Nc1ccc(C)c(Cl)c1.CO/N=C/c1c(N)ncnc1Nc1ccc(C)c(F)c1.CO/N=C/c1c(N)ncnc1Nc1ccc(Cl)c(Cl)c1. The van der Waals surface area contributed by atoms with Crippen molar-refractivity contribution in [2.24, 2.45) is 20.6 Å². The van der Waals surface area contributed by atoms with Crippen LogP contribution in [-0.2, 0) is 25.8 Å². The van der Waals surface area contributed by atoms with E-state index in [2.05, 4.69) is 96.3 Å². The van der Waals surface area contributed by atoms with Gasteiger partial charge < -0.3 is 63.6 Å². The number of Topliss-reactive ketones (excluding diaryl/α,β-unsaturated/α-hetero) is 1. The van der Waals surface area contributed by atoms with E-state index in [1.165, 1.54) is 84.7 Å². The summed E-state index contributed by atoms with van der Waals surface area (Å²) < 4.78 is 13.5. The molecule has 0 amide bonds. The minimum absolute atomic E-state index is 0.00856. The van der Waals surface area contributed by atoms with E-state index < -0.39 is 0 Å². The summed E-state index contributed by atoms with van der Waals surface area (Å²) in [5.74, 6) is 2.69.